The molecule has 0 radical (unpaired) electrons. The number of thioether (sulfide) groups is 1. The van der Waals surface area contributed by atoms with Gasteiger partial charge in [-0.05, 0) is 42.0 Å². The summed E-state index contributed by atoms with van der Waals surface area (Å²) in [6.45, 7) is 0.561. The first kappa shape index (κ1) is 18.7. The molecular weight excluding hydrogens is 360 g/mol. The van der Waals surface area contributed by atoms with Crippen molar-refractivity contribution < 1.29 is 14.7 Å². The summed E-state index contributed by atoms with van der Waals surface area (Å²) in [5.74, 6) is -0.834. The van der Waals surface area contributed by atoms with Gasteiger partial charge in [0.1, 0.15) is 0 Å². The maximum absolute atomic E-state index is 12.6. The maximum Gasteiger partial charge on any atom is 0.313 e. The van der Waals surface area contributed by atoms with Crippen molar-refractivity contribution in [1.29, 1.82) is 0 Å². The van der Waals surface area contributed by atoms with E-state index in [0.717, 1.165) is 10.5 Å². The average molecular weight is 378 g/mol. The smallest absolute Gasteiger partial charge is 0.313 e. The summed E-state index contributed by atoms with van der Waals surface area (Å²) < 4.78 is 1.89. The van der Waals surface area contributed by atoms with E-state index in [0.29, 0.717) is 17.8 Å². The Kier molecular flexibility index (Phi) is 6.22. The summed E-state index contributed by atoms with van der Waals surface area (Å²) in [5.41, 5.74) is 2.22. The molecule has 6 heteroatoms. The number of hydrogen-bond donors (Lipinski definition) is 1. The number of aliphatic carboxylic acids is 1. The minimum atomic E-state index is -0.833. The standard InChI is InChI=1S/C21H18N2O3S/c24-20(25)15-27-18-6-1-4-16(14-18)5-2-12-23-13-3-7-19(23)21(26)17-8-10-22-11-9-17/h1-11,13-14H,12,15H2,(H,24,25)/b5-2+. The van der Waals surface area contributed by atoms with Gasteiger partial charge in [-0.3, -0.25) is 14.6 Å². The van der Waals surface area contributed by atoms with Crippen molar-refractivity contribution in [3.63, 3.8) is 0 Å². The first-order valence-electron chi connectivity index (χ1n) is 8.34. The number of carbonyl (C=O) groups is 2. The number of benzene rings is 1. The fourth-order valence-electron chi connectivity index (χ4n) is 2.59. The van der Waals surface area contributed by atoms with Crippen LogP contribution in [0.3, 0.4) is 0 Å². The molecule has 3 aromatic rings. The van der Waals surface area contributed by atoms with Crippen LogP contribution in [0.5, 0.6) is 0 Å². The number of nitrogens with zero attached hydrogens (tertiary/aromatic N) is 2. The largest absolute Gasteiger partial charge is 0.481 e. The summed E-state index contributed by atoms with van der Waals surface area (Å²) in [6, 6.07) is 14.8. The van der Waals surface area contributed by atoms with Crippen molar-refractivity contribution >= 4 is 29.6 Å². The van der Waals surface area contributed by atoms with Crippen LogP contribution in [0, 0.1) is 0 Å². The van der Waals surface area contributed by atoms with E-state index in [4.69, 9.17) is 5.11 Å². The number of pyridine rings is 1. The third kappa shape index (κ3) is 5.18. The summed E-state index contributed by atoms with van der Waals surface area (Å²) in [4.78, 5) is 28.1. The highest BCUT2D eigenvalue weighted by Gasteiger charge is 2.12. The third-order valence-corrected chi connectivity index (χ3v) is 4.82. The molecule has 5 nitrogen and oxygen atoms in total. The molecule has 0 amide bonds. The molecule has 0 bridgehead atoms. The van der Waals surface area contributed by atoms with E-state index in [2.05, 4.69) is 4.98 Å². The molecule has 2 heterocycles. The summed E-state index contributed by atoms with van der Waals surface area (Å²) in [7, 11) is 0. The Bertz CT molecular complexity index is 964. The van der Waals surface area contributed by atoms with E-state index in [1.165, 1.54) is 11.8 Å². The van der Waals surface area contributed by atoms with Gasteiger partial charge >= 0.3 is 5.97 Å². The van der Waals surface area contributed by atoms with E-state index in [9.17, 15) is 9.59 Å². The molecule has 0 saturated heterocycles. The lowest BCUT2D eigenvalue weighted by Crippen LogP contribution is -2.09. The first-order valence-corrected chi connectivity index (χ1v) is 9.33. The van der Waals surface area contributed by atoms with Crippen LogP contribution in [0.25, 0.3) is 6.08 Å². The molecule has 1 aromatic carbocycles. The second-order valence-corrected chi connectivity index (χ2v) is 6.82. The van der Waals surface area contributed by atoms with E-state index >= 15 is 0 Å². The van der Waals surface area contributed by atoms with Gasteiger partial charge in [0.2, 0.25) is 5.78 Å². The molecule has 3 rings (SSSR count). The van der Waals surface area contributed by atoms with Crippen LogP contribution in [0.2, 0.25) is 0 Å². The van der Waals surface area contributed by atoms with Crippen LogP contribution in [0.1, 0.15) is 21.6 Å². The van der Waals surface area contributed by atoms with E-state index in [1.807, 2.05) is 53.2 Å². The Morgan fingerprint density at radius 3 is 2.70 bits per heavy atom. The lowest BCUT2D eigenvalue weighted by molar-refractivity contribution is -0.133. The van der Waals surface area contributed by atoms with E-state index < -0.39 is 5.97 Å². The predicted molar refractivity (Wildman–Crippen MR) is 106 cm³/mol. The number of carboxylic acids is 1. The Morgan fingerprint density at radius 1 is 1.11 bits per heavy atom. The monoisotopic (exact) mass is 378 g/mol. The molecule has 0 spiro atoms. The number of allylic oxidation sites excluding steroid dienone is 1. The number of ketones is 1. The number of carboxylic acid groups (broad SMARTS) is 1. The zero-order valence-corrected chi connectivity index (χ0v) is 15.3. The molecule has 0 unspecified atom stereocenters. The molecule has 0 aliphatic heterocycles. The molecule has 1 N–H and O–H groups in total. The third-order valence-electron chi connectivity index (χ3n) is 3.84. The number of aromatic nitrogens is 2. The van der Waals surface area contributed by atoms with Gasteiger partial charge in [-0.15, -0.1) is 11.8 Å². The Morgan fingerprint density at radius 2 is 1.93 bits per heavy atom. The Labute approximate surface area is 161 Å². The van der Waals surface area contributed by atoms with Crippen LogP contribution in [0.15, 0.2) is 78.1 Å². The molecule has 0 saturated carbocycles. The van der Waals surface area contributed by atoms with Crippen LogP contribution in [-0.4, -0.2) is 32.2 Å². The van der Waals surface area contributed by atoms with Gasteiger partial charge in [-0.2, -0.15) is 0 Å². The lowest BCUT2D eigenvalue weighted by Gasteiger charge is -2.06. The molecule has 2 aromatic heterocycles. The Hall–Kier alpha value is -3.12. The van der Waals surface area contributed by atoms with Crippen LogP contribution >= 0.6 is 11.8 Å². The molecule has 0 atom stereocenters. The molecule has 27 heavy (non-hydrogen) atoms. The average Bonchev–Trinajstić information content (AvgIpc) is 3.15. The zero-order valence-electron chi connectivity index (χ0n) is 14.5. The number of rotatable bonds is 8. The SMILES string of the molecule is O=C(O)CSc1cccc(/C=C/Cn2cccc2C(=O)c2ccncc2)c1. The summed E-state index contributed by atoms with van der Waals surface area (Å²) in [5, 5.41) is 8.78. The molecular formula is C21H18N2O3S. The highest BCUT2D eigenvalue weighted by Crippen LogP contribution is 2.19. The first-order chi connectivity index (χ1) is 13.1. The van der Waals surface area contributed by atoms with Crippen molar-refractivity contribution in [2.45, 2.75) is 11.4 Å². The maximum atomic E-state index is 12.6. The van der Waals surface area contributed by atoms with Crippen LogP contribution in [-0.2, 0) is 11.3 Å². The van der Waals surface area contributed by atoms with Gasteiger partial charge in [0, 0.05) is 35.6 Å². The minimum absolute atomic E-state index is 0.0387. The predicted octanol–water partition coefficient (Wildman–Crippen LogP) is 4.00. The summed E-state index contributed by atoms with van der Waals surface area (Å²) in [6.07, 6.45) is 9.03. The van der Waals surface area contributed by atoms with Gasteiger partial charge in [-0.25, -0.2) is 0 Å². The van der Waals surface area contributed by atoms with E-state index in [1.54, 1.807) is 30.6 Å². The van der Waals surface area contributed by atoms with Crippen molar-refractivity contribution in [3.05, 3.63) is 90.0 Å². The van der Waals surface area contributed by atoms with Gasteiger partial charge in [0.05, 0.1) is 11.4 Å². The lowest BCUT2D eigenvalue weighted by atomic mass is 10.1. The second kappa shape index (κ2) is 9.00. The number of hydrogen-bond acceptors (Lipinski definition) is 4. The normalized spacial score (nSPS) is 11.0. The summed E-state index contributed by atoms with van der Waals surface area (Å²) >= 11 is 1.29. The second-order valence-electron chi connectivity index (χ2n) is 5.77. The fourth-order valence-corrected chi connectivity index (χ4v) is 3.27. The van der Waals surface area contributed by atoms with Crippen molar-refractivity contribution in [3.8, 4) is 0 Å². The van der Waals surface area contributed by atoms with Crippen LogP contribution in [0.4, 0.5) is 0 Å². The fraction of sp³-hybridized carbons (Fsp3) is 0.0952. The topological polar surface area (TPSA) is 72.2 Å². The van der Waals surface area contributed by atoms with Crippen molar-refractivity contribution in [1.82, 2.24) is 9.55 Å². The highest BCUT2D eigenvalue weighted by molar-refractivity contribution is 8.00. The van der Waals surface area contributed by atoms with Gasteiger partial charge < -0.3 is 9.67 Å². The minimum Gasteiger partial charge on any atom is -0.481 e. The molecule has 0 fully saturated rings. The number of carbonyl (C=O) groups excluding carboxylic acids is 1. The quantitative estimate of drug-likeness (QED) is 0.474. The Balaban J connectivity index is 1.68. The van der Waals surface area contributed by atoms with Crippen molar-refractivity contribution in [2.24, 2.45) is 0 Å². The van der Waals surface area contributed by atoms with Gasteiger partial charge in [0.15, 0.2) is 0 Å². The highest BCUT2D eigenvalue weighted by atomic mass is 32.2. The van der Waals surface area contributed by atoms with Gasteiger partial charge in [-0.1, -0.05) is 24.3 Å². The molecule has 0 aliphatic carbocycles. The van der Waals surface area contributed by atoms with Gasteiger partial charge in [0.25, 0.3) is 0 Å². The molecule has 136 valence electrons. The molecule has 0 aliphatic rings. The van der Waals surface area contributed by atoms with Crippen LogP contribution < -0.4 is 0 Å². The van der Waals surface area contributed by atoms with Crippen molar-refractivity contribution in [2.75, 3.05) is 5.75 Å². The van der Waals surface area contributed by atoms with E-state index in [-0.39, 0.29) is 11.5 Å². The zero-order chi connectivity index (χ0) is 19.1.